The molecule has 1 fully saturated rings. The Morgan fingerprint density at radius 1 is 1.22 bits per heavy atom. The Morgan fingerprint density at radius 2 is 1.89 bits per heavy atom. The summed E-state index contributed by atoms with van der Waals surface area (Å²) in [6, 6.07) is 10.5. The number of halogens is 1. The van der Waals surface area contributed by atoms with E-state index in [2.05, 4.69) is 53.3 Å². The number of terminal acetylenes is 1. The molecule has 96 valence electrons. The minimum atomic E-state index is 0. The minimum Gasteiger partial charge on any atom is -0.292 e. The highest BCUT2D eigenvalue weighted by Gasteiger charge is 2.15. The van der Waals surface area contributed by atoms with Crippen LogP contribution in [0.1, 0.15) is 18.4 Å². The van der Waals surface area contributed by atoms with Gasteiger partial charge in [0, 0.05) is 0 Å². The molecule has 2 heteroatoms. The van der Waals surface area contributed by atoms with Crippen LogP contribution < -0.4 is 0 Å². The number of hydrogen-bond donors (Lipinski definition) is 0. The highest BCUT2D eigenvalue weighted by Crippen LogP contribution is 2.19. The molecule has 1 aliphatic rings. The maximum Gasteiger partial charge on any atom is 0.0598 e. The number of nitrogens with zero attached hydrogens (tertiary/aromatic N) is 1. The molecule has 0 amide bonds. The predicted molar refractivity (Wildman–Crippen MR) is 80.7 cm³/mol. The van der Waals surface area contributed by atoms with Crippen molar-refractivity contribution in [2.45, 2.75) is 12.8 Å². The first-order chi connectivity index (χ1) is 8.38. The van der Waals surface area contributed by atoms with Crippen LogP contribution in [0.5, 0.6) is 0 Å². The first-order valence-corrected chi connectivity index (χ1v) is 6.27. The van der Waals surface area contributed by atoms with Gasteiger partial charge in [0.05, 0.1) is 6.54 Å². The lowest BCUT2D eigenvalue weighted by molar-refractivity contribution is 0.226. The van der Waals surface area contributed by atoms with Crippen LogP contribution in [0, 0.1) is 18.3 Å². The Kier molecular flexibility index (Phi) is 6.57. The van der Waals surface area contributed by atoms with Gasteiger partial charge in [0.15, 0.2) is 0 Å². The summed E-state index contributed by atoms with van der Waals surface area (Å²) >= 11 is 0. The van der Waals surface area contributed by atoms with Crippen LogP contribution in [-0.4, -0.2) is 24.5 Å². The molecule has 1 aromatic rings. The SMILES string of the molecule is C#CCN1CCC(/C=C\c2ccccc2)CC1.Cl. The van der Waals surface area contributed by atoms with Gasteiger partial charge in [0.1, 0.15) is 0 Å². The Bertz CT molecular complexity index is 397. The van der Waals surface area contributed by atoms with Gasteiger partial charge in [-0.1, -0.05) is 48.4 Å². The zero-order valence-electron chi connectivity index (χ0n) is 10.6. The highest BCUT2D eigenvalue weighted by atomic mass is 35.5. The number of rotatable bonds is 3. The molecule has 0 atom stereocenters. The van der Waals surface area contributed by atoms with Gasteiger partial charge in [-0.3, -0.25) is 4.90 Å². The van der Waals surface area contributed by atoms with Crippen molar-refractivity contribution in [3.63, 3.8) is 0 Å². The van der Waals surface area contributed by atoms with Crippen molar-refractivity contribution in [1.82, 2.24) is 4.90 Å². The number of allylic oxidation sites excluding steroid dienone is 1. The summed E-state index contributed by atoms with van der Waals surface area (Å²) in [6.45, 7) is 3.07. The van der Waals surface area contributed by atoms with Gasteiger partial charge < -0.3 is 0 Å². The van der Waals surface area contributed by atoms with Gasteiger partial charge in [0.25, 0.3) is 0 Å². The molecule has 1 heterocycles. The van der Waals surface area contributed by atoms with E-state index in [1.165, 1.54) is 18.4 Å². The van der Waals surface area contributed by atoms with E-state index < -0.39 is 0 Å². The number of hydrogen-bond acceptors (Lipinski definition) is 1. The third kappa shape index (κ3) is 4.56. The Morgan fingerprint density at radius 3 is 2.50 bits per heavy atom. The zero-order valence-corrected chi connectivity index (χ0v) is 11.4. The molecule has 0 spiro atoms. The third-order valence-corrected chi connectivity index (χ3v) is 3.31. The largest absolute Gasteiger partial charge is 0.292 e. The molecule has 0 N–H and O–H groups in total. The van der Waals surface area contributed by atoms with E-state index in [1.54, 1.807) is 0 Å². The van der Waals surface area contributed by atoms with Crippen LogP contribution in [0.15, 0.2) is 36.4 Å². The van der Waals surface area contributed by atoms with E-state index in [9.17, 15) is 0 Å². The molecular formula is C16H20ClN. The van der Waals surface area contributed by atoms with Crippen molar-refractivity contribution in [3.05, 3.63) is 42.0 Å². The zero-order chi connectivity index (χ0) is 11.9. The van der Waals surface area contributed by atoms with Crippen LogP contribution in [-0.2, 0) is 0 Å². The average molecular weight is 262 g/mol. The molecule has 0 aromatic heterocycles. The Hall–Kier alpha value is -1.23. The summed E-state index contributed by atoms with van der Waals surface area (Å²) in [6.07, 6.45) is 12.4. The summed E-state index contributed by atoms with van der Waals surface area (Å²) < 4.78 is 0. The second-order valence-electron chi connectivity index (χ2n) is 4.59. The lowest BCUT2D eigenvalue weighted by Gasteiger charge is -2.28. The molecule has 0 bridgehead atoms. The predicted octanol–water partition coefficient (Wildman–Crippen LogP) is 3.47. The summed E-state index contributed by atoms with van der Waals surface area (Å²) in [5, 5.41) is 0. The molecule has 1 nitrogen and oxygen atoms in total. The van der Waals surface area contributed by atoms with Crippen LogP contribution >= 0.6 is 12.4 Å². The Balaban J connectivity index is 0.00000162. The van der Waals surface area contributed by atoms with Crippen molar-refractivity contribution in [2.75, 3.05) is 19.6 Å². The molecule has 0 radical (unpaired) electrons. The molecule has 1 aliphatic heterocycles. The summed E-state index contributed by atoms with van der Waals surface area (Å²) in [5.41, 5.74) is 1.29. The van der Waals surface area contributed by atoms with E-state index in [-0.39, 0.29) is 12.4 Å². The van der Waals surface area contributed by atoms with Crippen molar-refractivity contribution < 1.29 is 0 Å². The smallest absolute Gasteiger partial charge is 0.0598 e. The van der Waals surface area contributed by atoms with Crippen molar-refractivity contribution in [3.8, 4) is 12.3 Å². The lowest BCUT2D eigenvalue weighted by atomic mass is 9.95. The average Bonchev–Trinajstić information content (AvgIpc) is 2.40. The minimum absolute atomic E-state index is 0. The first kappa shape index (κ1) is 14.8. The number of piperidine rings is 1. The second kappa shape index (κ2) is 7.97. The van der Waals surface area contributed by atoms with Gasteiger partial charge in [0.2, 0.25) is 0 Å². The van der Waals surface area contributed by atoms with Crippen molar-refractivity contribution in [1.29, 1.82) is 0 Å². The van der Waals surface area contributed by atoms with Crippen LogP contribution in [0.25, 0.3) is 6.08 Å². The van der Waals surface area contributed by atoms with E-state index in [1.807, 2.05) is 0 Å². The topological polar surface area (TPSA) is 3.24 Å². The quantitative estimate of drug-likeness (QED) is 0.753. The maximum atomic E-state index is 5.32. The Labute approximate surface area is 116 Å². The first-order valence-electron chi connectivity index (χ1n) is 6.27. The summed E-state index contributed by atoms with van der Waals surface area (Å²) in [7, 11) is 0. The van der Waals surface area contributed by atoms with E-state index in [4.69, 9.17) is 6.42 Å². The van der Waals surface area contributed by atoms with E-state index in [0.29, 0.717) is 5.92 Å². The summed E-state index contributed by atoms with van der Waals surface area (Å²) in [4.78, 5) is 2.35. The number of likely N-dealkylation sites (tertiary alicyclic amines) is 1. The van der Waals surface area contributed by atoms with Crippen LogP contribution in [0.3, 0.4) is 0 Å². The maximum absolute atomic E-state index is 5.32. The van der Waals surface area contributed by atoms with Gasteiger partial charge in [-0.2, -0.15) is 0 Å². The molecular weight excluding hydrogens is 242 g/mol. The molecule has 1 saturated heterocycles. The molecule has 1 aromatic carbocycles. The fraction of sp³-hybridized carbons (Fsp3) is 0.375. The fourth-order valence-electron chi connectivity index (χ4n) is 2.24. The van der Waals surface area contributed by atoms with Gasteiger partial charge in [-0.25, -0.2) is 0 Å². The monoisotopic (exact) mass is 261 g/mol. The highest BCUT2D eigenvalue weighted by molar-refractivity contribution is 5.85. The van der Waals surface area contributed by atoms with Gasteiger partial charge in [-0.15, -0.1) is 18.8 Å². The van der Waals surface area contributed by atoms with E-state index in [0.717, 1.165) is 19.6 Å². The van der Waals surface area contributed by atoms with Crippen LogP contribution in [0.4, 0.5) is 0 Å². The summed E-state index contributed by atoms with van der Waals surface area (Å²) in [5.74, 6) is 3.43. The normalized spacial score (nSPS) is 17.3. The number of benzene rings is 1. The van der Waals surface area contributed by atoms with Crippen molar-refractivity contribution >= 4 is 18.5 Å². The molecule has 0 aliphatic carbocycles. The van der Waals surface area contributed by atoms with Gasteiger partial charge >= 0.3 is 0 Å². The molecule has 18 heavy (non-hydrogen) atoms. The third-order valence-electron chi connectivity index (χ3n) is 3.31. The molecule has 0 saturated carbocycles. The van der Waals surface area contributed by atoms with E-state index >= 15 is 0 Å². The van der Waals surface area contributed by atoms with Crippen LogP contribution in [0.2, 0.25) is 0 Å². The molecule has 0 unspecified atom stereocenters. The lowest BCUT2D eigenvalue weighted by Crippen LogP contribution is -2.33. The molecule has 2 rings (SSSR count). The fourth-order valence-corrected chi connectivity index (χ4v) is 2.24. The van der Waals surface area contributed by atoms with Gasteiger partial charge in [-0.05, 0) is 37.4 Å². The van der Waals surface area contributed by atoms with Crippen molar-refractivity contribution in [2.24, 2.45) is 5.92 Å². The second-order valence-corrected chi connectivity index (χ2v) is 4.59. The standard InChI is InChI=1S/C16H19N.ClH/c1-2-12-17-13-10-16(11-14-17)9-8-15-6-4-3-5-7-15;/h1,3-9,16H,10-14H2;1H/b9-8-;.